The van der Waals surface area contributed by atoms with E-state index in [4.69, 9.17) is 0 Å². The van der Waals surface area contributed by atoms with Crippen LogP contribution in [0.2, 0.25) is 0 Å². The molecule has 0 amide bonds. The molecule has 9 heavy (non-hydrogen) atoms. The molecule has 0 aromatic carbocycles. The molecule has 0 aromatic rings. The van der Waals surface area contributed by atoms with Gasteiger partial charge in [0.25, 0.3) is 0 Å². The number of nitrogens with zero attached hydrogens (tertiary/aromatic N) is 2. The van der Waals surface area contributed by atoms with E-state index in [9.17, 15) is 0 Å². The molecule has 0 aliphatic rings. The summed E-state index contributed by atoms with van der Waals surface area (Å²) < 4.78 is 3.88. The molecule has 0 saturated carbocycles. The molecule has 0 bridgehead atoms. The molecule has 0 heterocycles. The average molecular weight is 125 g/mol. The van der Waals surface area contributed by atoms with Gasteiger partial charge in [0.05, 0.1) is 6.11 Å². The molecule has 1 radical (unpaired) electrons. The van der Waals surface area contributed by atoms with Crippen LogP contribution in [0.1, 0.15) is 0 Å². The molecule has 0 spiro atoms. The van der Waals surface area contributed by atoms with E-state index >= 15 is 0 Å². The molecule has 3 heteroatoms. The predicted octanol–water partition coefficient (Wildman–Crippen LogP) is -0.709. The van der Waals surface area contributed by atoms with Gasteiger partial charge in [-0.3, -0.25) is 9.15 Å². The Bertz CT molecular complexity index is 125. The first kappa shape index (κ1) is 8.40. The second kappa shape index (κ2) is 4.30. The Hall–Kier alpha value is -0.595. The lowest BCUT2D eigenvalue weighted by molar-refractivity contribution is -0.471. The summed E-state index contributed by atoms with van der Waals surface area (Å²) in [7, 11) is 8.01. The van der Waals surface area contributed by atoms with E-state index in [0.29, 0.717) is 0 Å². The van der Waals surface area contributed by atoms with Crippen LogP contribution in [0, 0.1) is 0 Å². The van der Waals surface area contributed by atoms with E-state index in [0.717, 1.165) is 6.44 Å². The zero-order chi connectivity index (χ0) is 7.28. The van der Waals surface area contributed by atoms with Crippen LogP contribution in [0.4, 0.5) is 0 Å². The molecule has 0 rings (SSSR count). The molecule has 0 N–H and O–H groups in total. The second-order valence-electron chi connectivity index (χ2n) is 2.39. The fourth-order valence-corrected chi connectivity index (χ4v) is 0.438. The first-order chi connectivity index (χ1) is 4.13. The van der Waals surface area contributed by atoms with Gasteiger partial charge >= 0.3 is 7.28 Å². The van der Waals surface area contributed by atoms with Gasteiger partial charge in [-0.05, 0) is 0 Å². The zero-order valence-corrected chi connectivity index (χ0v) is 6.46. The van der Waals surface area contributed by atoms with Gasteiger partial charge in [-0.25, -0.2) is 0 Å². The summed E-state index contributed by atoms with van der Waals surface area (Å²) in [5.41, 5.74) is 0. The maximum Gasteiger partial charge on any atom is 0.316 e. The predicted molar refractivity (Wildman–Crippen MR) is 42.1 cm³/mol. The van der Waals surface area contributed by atoms with E-state index in [-0.39, 0.29) is 0 Å². The SMILES string of the molecule is C=[N+](C)C[B]C=[N+](C)C. The van der Waals surface area contributed by atoms with E-state index in [1.165, 1.54) is 0 Å². The minimum absolute atomic E-state index is 0.901. The maximum absolute atomic E-state index is 3.70. The van der Waals surface area contributed by atoms with Crippen LogP contribution >= 0.6 is 0 Å². The van der Waals surface area contributed by atoms with Crippen molar-refractivity contribution in [1.82, 2.24) is 0 Å². The van der Waals surface area contributed by atoms with Gasteiger partial charge in [-0.2, -0.15) is 0 Å². The van der Waals surface area contributed by atoms with Crippen LogP contribution in [-0.4, -0.2) is 56.8 Å². The van der Waals surface area contributed by atoms with Crippen molar-refractivity contribution >= 4 is 20.1 Å². The number of hydrogen-bond acceptors (Lipinski definition) is 0. The third kappa shape index (κ3) is 7.40. The molecule has 0 atom stereocenters. The lowest BCUT2D eigenvalue weighted by Gasteiger charge is -1.85. The van der Waals surface area contributed by atoms with Gasteiger partial charge < -0.3 is 0 Å². The van der Waals surface area contributed by atoms with E-state index < -0.39 is 0 Å². The summed E-state index contributed by atoms with van der Waals surface area (Å²) in [6, 6.07) is 0. The summed E-state index contributed by atoms with van der Waals surface area (Å²) in [5.74, 6) is 0. The minimum Gasteiger partial charge on any atom is -0.254 e. The Labute approximate surface area is 57.8 Å². The fraction of sp³-hybridized carbons (Fsp3) is 0.667. The highest BCUT2D eigenvalue weighted by atomic mass is 14.9. The van der Waals surface area contributed by atoms with Gasteiger partial charge in [0.1, 0.15) is 34.3 Å². The van der Waals surface area contributed by atoms with E-state index in [1.807, 2.05) is 36.4 Å². The first-order valence-electron chi connectivity index (χ1n) is 2.97. The van der Waals surface area contributed by atoms with Crippen molar-refractivity contribution in [2.45, 2.75) is 0 Å². The lowest BCUT2D eigenvalue weighted by Crippen LogP contribution is -2.16. The van der Waals surface area contributed by atoms with Crippen LogP contribution in [0.25, 0.3) is 0 Å². The van der Waals surface area contributed by atoms with Crippen molar-refractivity contribution < 1.29 is 9.15 Å². The fourth-order valence-electron chi connectivity index (χ4n) is 0.438. The Morgan fingerprint density at radius 2 is 2.00 bits per heavy atom. The number of hydrogen-bond donors (Lipinski definition) is 0. The standard InChI is InChI=1S/C6H14BN2/c1-8(2)5-7-6-9(3)4/h6H,1,5H2,2-4H3/q+2. The first-order valence-corrected chi connectivity index (χ1v) is 2.97. The average Bonchev–Trinajstić information content (AvgIpc) is 1.63. The smallest absolute Gasteiger partial charge is 0.254 e. The van der Waals surface area contributed by atoms with Crippen LogP contribution in [0.3, 0.4) is 0 Å². The highest BCUT2D eigenvalue weighted by molar-refractivity contribution is 6.66. The number of rotatable bonds is 3. The monoisotopic (exact) mass is 125 g/mol. The molecular formula is C6H14BN2+2. The normalized spacial score (nSPS) is 8.33. The van der Waals surface area contributed by atoms with Crippen LogP contribution < -0.4 is 0 Å². The minimum atomic E-state index is 0.901. The molecule has 0 unspecified atom stereocenters. The van der Waals surface area contributed by atoms with Crippen molar-refractivity contribution in [3.63, 3.8) is 0 Å². The zero-order valence-electron chi connectivity index (χ0n) is 6.46. The van der Waals surface area contributed by atoms with E-state index in [2.05, 4.69) is 14.0 Å². The van der Waals surface area contributed by atoms with Crippen molar-refractivity contribution in [1.29, 1.82) is 0 Å². The summed E-state index contributed by atoms with van der Waals surface area (Å²) in [6.45, 7) is 3.70. The topological polar surface area (TPSA) is 6.02 Å². The van der Waals surface area contributed by atoms with Crippen molar-refractivity contribution in [3.8, 4) is 0 Å². The molecule has 2 nitrogen and oxygen atoms in total. The van der Waals surface area contributed by atoms with Crippen LogP contribution in [-0.2, 0) is 0 Å². The Morgan fingerprint density at radius 3 is 2.33 bits per heavy atom. The maximum atomic E-state index is 3.70. The summed E-state index contributed by atoms with van der Waals surface area (Å²) in [4.78, 5) is 0. The second-order valence-corrected chi connectivity index (χ2v) is 2.39. The largest absolute Gasteiger partial charge is 0.316 e. The molecule has 49 valence electrons. The Kier molecular flexibility index (Phi) is 4.02. The molecule has 0 fully saturated rings. The van der Waals surface area contributed by atoms with Crippen LogP contribution in [0.15, 0.2) is 0 Å². The third-order valence-electron chi connectivity index (χ3n) is 0.821. The molecule has 0 aromatic heterocycles. The van der Waals surface area contributed by atoms with Crippen molar-refractivity contribution in [3.05, 3.63) is 0 Å². The quantitative estimate of drug-likeness (QED) is 0.267. The van der Waals surface area contributed by atoms with Gasteiger partial charge in [0.15, 0.2) is 0 Å². The van der Waals surface area contributed by atoms with Crippen LogP contribution in [0.5, 0.6) is 0 Å². The summed E-state index contributed by atoms with van der Waals surface area (Å²) in [6.07, 6.45) is 2.92. The Balaban J connectivity index is 3.31. The van der Waals surface area contributed by atoms with E-state index in [1.54, 1.807) is 0 Å². The molecule has 0 aliphatic heterocycles. The van der Waals surface area contributed by atoms with Gasteiger partial charge in [-0.15, -0.1) is 0 Å². The Morgan fingerprint density at radius 1 is 1.44 bits per heavy atom. The molecular weight excluding hydrogens is 111 g/mol. The highest BCUT2D eigenvalue weighted by Gasteiger charge is 1.95. The molecule has 0 aliphatic carbocycles. The van der Waals surface area contributed by atoms with Gasteiger partial charge in [0, 0.05) is 0 Å². The highest BCUT2D eigenvalue weighted by Crippen LogP contribution is 1.59. The molecule has 0 saturated heterocycles. The van der Waals surface area contributed by atoms with Crippen molar-refractivity contribution in [2.24, 2.45) is 0 Å². The van der Waals surface area contributed by atoms with Gasteiger partial charge in [0.2, 0.25) is 0 Å². The third-order valence-corrected chi connectivity index (χ3v) is 0.821. The van der Waals surface area contributed by atoms with Crippen molar-refractivity contribution in [2.75, 3.05) is 27.6 Å². The van der Waals surface area contributed by atoms with Gasteiger partial charge in [-0.1, -0.05) is 0 Å². The summed E-state index contributed by atoms with van der Waals surface area (Å²) in [5, 5.41) is 0. The summed E-state index contributed by atoms with van der Waals surface area (Å²) >= 11 is 0. The lowest BCUT2D eigenvalue weighted by atomic mass is 9.81.